The van der Waals surface area contributed by atoms with Crippen molar-refractivity contribution in [1.29, 1.82) is 0 Å². The first-order valence-electron chi connectivity index (χ1n) is 4.83. The van der Waals surface area contributed by atoms with Crippen molar-refractivity contribution in [3.05, 3.63) is 30.1 Å². The first-order chi connectivity index (χ1) is 6.42. The smallest absolute Gasteiger partial charge is 0.0931 e. The van der Waals surface area contributed by atoms with Crippen molar-refractivity contribution in [1.82, 2.24) is 9.97 Å². The molecular formula is C11H16N2. The highest BCUT2D eigenvalue weighted by Gasteiger charge is 1.98. The van der Waals surface area contributed by atoms with Gasteiger partial charge in [0.25, 0.3) is 0 Å². The molecule has 0 spiro atoms. The minimum Gasteiger partial charge on any atom is -0.345 e. The molecule has 0 aliphatic rings. The van der Waals surface area contributed by atoms with Crippen molar-refractivity contribution >= 4 is 11.0 Å². The van der Waals surface area contributed by atoms with Gasteiger partial charge in [0.1, 0.15) is 0 Å². The number of nitrogens with one attached hydrogen (secondary N) is 1. The van der Waals surface area contributed by atoms with Gasteiger partial charge in [0, 0.05) is 0 Å². The van der Waals surface area contributed by atoms with Crippen molar-refractivity contribution in [3.63, 3.8) is 0 Å². The van der Waals surface area contributed by atoms with Crippen LogP contribution in [0, 0.1) is 0 Å². The van der Waals surface area contributed by atoms with Crippen molar-refractivity contribution in [2.24, 2.45) is 0 Å². The van der Waals surface area contributed by atoms with Crippen LogP contribution in [-0.2, 0) is 6.42 Å². The van der Waals surface area contributed by atoms with E-state index in [-0.39, 0.29) is 0 Å². The quantitative estimate of drug-likeness (QED) is 0.710. The number of aromatic amines is 1. The van der Waals surface area contributed by atoms with Crippen LogP contribution in [-0.4, -0.2) is 9.97 Å². The molecule has 2 rings (SSSR count). The van der Waals surface area contributed by atoms with Crippen LogP contribution in [0.25, 0.3) is 11.0 Å². The second kappa shape index (κ2) is 4.65. The average Bonchev–Trinajstić information content (AvgIpc) is 2.68. The molecule has 0 unspecified atom stereocenters. The molecule has 13 heavy (non-hydrogen) atoms. The molecule has 1 N–H and O–H groups in total. The second-order valence-electron chi connectivity index (χ2n) is 2.57. The summed E-state index contributed by atoms with van der Waals surface area (Å²) in [4.78, 5) is 7.32. The fourth-order valence-electron chi connectivity index (χ4n) is 1.31. The maximum Gasteiger partial charge on any atom is 0.0931 e. The predicted molar refractivity (Wildman–Crippen MR) is 56.8 cm³/mol. The lowest BCUT2D eigenvalue weighted by Gasteiger charge is -1.95. The molecule has 70 valence electrons. The molecule has 1 aromatic carbocycles. The van der Waals surface area contributed by atoms with Crippen molar-refractivity contribution in [2.75, 3.05) is 0 Å². The predicted octanol–water partition coefficient (Wildman–Crippen LogP) is 3.15. The molecule has 0 atom stereocenters. The molecule has 1 heterocycles. The fraction of sp³-hybridized carbons (Fsp3) is 0.364. The van der Waals surface area contributed by atoms with Gasteiger partial charge in [-0.1, -0.05) is 32.9 Å². The van der Waals surface area contributed by atoms with Gasteiger partial charge in [-0.2, -0.15) is 0 Å². The molecule has 0 bridgehead atoms. The third-order valence-corrected chi connectivity index (χ3v) is 1.91. The number of rotatable bonds is 1. The molecule has 0 aliphatic carbocycles. The first-order valence-corrected chi connectivity index (χ1v) is 4.83. The minimum atomic E-state index is 1.04. The summed E-state index contributed by atoms with van der Waals surface area (Å²) in [5.74, 6) is 0. The van der Waals surface area contributed by atoms with Crippen LogP contribution in [0.4, 0.5) is 0 Å². The van der Waals surface area contributed by atoms with E-state index in [0.717, 1.165) is 17.5 Å². The lowest BCUT2D eigenvalue weighted by atomic mass is 10.1. The van der Waals surface area contributed by atoms with E-state index in [9.17, 15) is 0 Å². The number of aromatic nitrogens is 2. The zero-order valence-electron chi connectivity index (χ0n) is 8.46. The number of H-pyrrole nitrogens is 1. The Kier molecular flexibility index (Phi) is 3.50. The molecule has 2 heteroatoms. The van der Waals surface area contributed by atoms with Gasteiger partial charge in [-0.05, 0) is 18.1 Å². The van der Waals surface area contributed by atoms with Gasteiger partial charge in [-0.15, -0.1) is 0 Å². The Labute approximate surface area is 79.0 Å². The summed E-state index contributed by atoms with van der Waals surface area (Å²) in [6.07, 6.45) is 2.78. The number of fused-ring (bicyclic) bond motifs is 1. The van der Waals surface area contributed by atoms with E-state index in [2.05, 4.69) is 29.0 Å². The minimum absolute atomic E-state index is 1.04. The maximum atomic E-state index is 4.23. The summed E-state index contributed by atoms with van der Waals surface area (Å²) in [6.45, 7) is 6.14. The van der Waals surface area contributed by atoms with Crippen LogP contribution < -0.4 is 0 Å². The topological polar surface area (TPSA) is 28.7 Å². The monoisotopic (exact) mass is 176 g/mol. The van der Waals surface area contributed by atoms with Gasteiger partial charge in [0.15, 0.2) is 0 Å². The lowest BCUT2D eigenvalue weighted by molar-refractivity contribution is 1.15. The van der Waals surface area contributed by atoms with Crippen LogP contribution >= 0.6 is 0 Å². The Morgan fingerprint density at radius 1 is 1.31 bits per heavy atom. The molecular weight excluding hydrogens is 160 g/mol. The summed E-state index contributed by atoms with van der Waals surface area (Å²) in [7, 11) is 0. The van der Waals surface area contributed by atoms with E-state index in [1.54, 1.807) is 6.33 Å². The van der Waals surface area contributed by atoms with Crippen LogP contribution in [0.2, 0.25) is 0 Å². The molecule has 0 aliphatic heterocycles. The summed E-state index contributed by atoms with van der Waals surface area (Å²) in [5.41, 5.74) is 3.54. The van der Waals surface area contributed by atoms with E-state index in [1.165, 1.54) is 5.56 Å². The van der Waals surface area contributed by atoms with Gasteiger partial charge in [-0.25, -0.2) is 4.98 Å². The normalized spacial score (nSPS) is 9.46. The average molecular weight is 176 g/mol. The number of imidazole rings is 1. The fourth-order valence-corrected chi connectivity index (χ4v) is 1.31. The van der Waals surface area contributed by atoms with Crippen molar-refractivity contribution in [2.45, 2.75) is 27.2 Å². The van der Waals surface area contributed by atoms with Crippen LogP contribution in [0.5, 0.6) is 0 Å². The molecule has 0 amide bonds. The van der Waals surface area contributed by atoms with Gasteiger partial charge in [0.05, 0.1) is 17.4 Å². The van der Waals surface area contributed by atoms with Crippen molar-refractivity contribution in [3.8, 4) is 0 Å². The molecule has 2 nitrogen and oxygen atoms in total. The third-order valence-electron chi connectivity index (χ3n) is 1.91. The number of para-hydroxylation sites is 1. The summed E-state index contributed by atoms with van der Waals surface area (Å²) < 4.78 is 0. The summed E-state index contributed by atoms with van der Waals surface area (Å²) in [6, 6.07) is 6.21. The van der Waals surface area contributed by atoms with Gasteiger partial charge >= 0.3 is 0 Å². The Morgan fingerprint density at radius 2 is 2.08 bits per heavy atom. The van der Waals surface area contributed by atoms with E-state index >= 15 is 0 Å². The zero-order valence-corrected chi connectivity index (χ0v) is 8.46. The third kappa shape index (κ3) is 1.89. The second-order valence-corrected chi connectivity index (χ2v) is 2.57. The molecule has 0 fully saturated rings. The molecule has 0 radical (unpaired) electrons. The number of hydrogen-bond donors (Lipinski definition) is 1. The standard InChI is InChI=1S/C9H10N2.C2H6/c1-2-7-4-3-5-8-9(7)11-6-10-8;1-2/h3-6H,2H2,1H3,(H,10,11);1-2H3. The largest absolute Gasteiger partial charge is 0.345 e. The lowest BCUT2D eigenvalue weighted by Crippen LogP contribution is -1.81. The molecule has 1 aromatic heterocycles. The highest BCUT2D eigenvalue weighted by molar-refractivity contribution is 5.77. The molecule has 0 saturated carbocycles. The van der Waals surface area contributed by atoms with Gasteiger partial charge < -0.3 is 4.98 Å². The van der Waals surface area contributed by atoms with E-state index in [4.69, 9.17) is 0 Å². The van der Waals surface area contributed by atoms with E-state index in [0.29, 0.717) is 0 Å². The highest BCUT2D eigenvalue weighted by atomic mass is 14.9. The summed E-state index contributed by atoms with van der Waals surface area (Å²) >= 11 is 0. The van der Waals surface area contributed by atoms with Crippen LogP contribution in [0.15, 0.2) is 24.5 Å². The number of hydrogen-bond acceptors (Lipinski definition) is 1. The van der Waals surface area contributed by atoms with Gasteiger partial charge in [-0.3, -0.25) is 0 Å². The molecule has 0 saturated heterocycles. The van der Waals surface area contributed by atoms with Crippen LogP contribution in [0.3, 0.4) is 0 Å². The molecule has 2 aromatic rings. The first kappa shape index (κ1) is 9.78. The van der Waals surface area contributed by atoms with Crippen molar-refractivity contribution < 1.29 is 0 Å². The van der Waals surface area contributed by atoms with E-state index < -0.39 is 0 Å². The van der Waals surface area contributed by atoms with Crippen LogP contribution in [0.1, 0.15) is 26.3 Å². The Hall–Kier alpha value is -1.31. The van der Waals surface area contributed by atoms with E-state index in [1.807, 2.05) is 19.9 Å². The zero-order chi connectivity index (χ0) is 9.68. The maximum absolute atomic E-state index is 4.23. The summed E-state index contributed by atoms with van der Waals surface area (Å²) in [5, 5.41) is 0. The Bertz CT molecular complexity index is 363. The SMILES string of the molecule is CC.CCc1cccc2[nH]cnc12. The number of benzene rings is 1. The van der Waals surface area contributed by atoms with Gasteiger partial charge in [0.2, 0.25) is 0 Å². The Balaban J connectivity index is 0.000000396. The Morgan fingerprint density at radius 3 is 2.77 bits per heavy atom. The number of aryl methyl sites for hydroxylation is 1. The highest BCUT2D eigenvalue weighted by Crippen LogP contribution is 2.14. The number of nitrogens with zero attached hydrogens (tertiary/aromatic N) is 1.